The van der Waals surface area contributed by atoms with Crippen molar-refractivity contribution in [2.75, 3.05) is 0 Å². The van der Waals surface area contributed by atoms with E-state index >= 15 is 0 Å². The van der Waals surface area contributed by atoms with Crippen LogP contribution >= 0.6 is 0 Å². The van der Waals surface area contributed by atoms with Crippen LogP contribution in [0.5, 0.6) is 0 Å². The largest absolute Gasteiger partial charge is 0.458 e. The van der Waals surface area contributed by atoms with Gasteiger partial charge in [-0.25, -0.2) is 0 Å². The van der Waals surface area contributed by atoms with Gasteiger partial charge in [0, 0.05) is 5.39 Å². The number of benzene rings is 1. The van der Waals surface area contributed by atoms with Crippen LogP contribution in [0.4, 0.5) is 0 Å². The lowest BCUT2D eigenvalue weighted by molar-refractivity contribution is -0.0355. The first-order chi connectivity index (χ1) is 8.67. The average Bonchev–Trinajstić information content (AvgIpc) is 3.00. The Morgan fingerprint density at radius 3 is 2.89 bits per heavy atom. The summed E-state index contributed by atoms with van der Waals surface area (Å²) >= 11 is 0. The minimum atomic E-state index is -0.700. The van der Waals surface area contributed by atoms with Gasteiger partial charge in [0.25, 0.3) is 0 Å². The molecule has 2 saturated carbocycles. The number of aryl methyl sites for hydroxylation is 1. The molecule has 1 heterocycles. The van der Waals surface area contributed by atoms with E-state index < -0.39 is 5.60 Å². The van der Waals surface area contributed by atoms with E-state index in [4.69, 9.17) is 4.42 Å². The molecule has 3 atom stereocenters. The van der Waals surface area contributed by atoms with Crippen LogP contribution in [-0.2, 0) is 5.60 Å². The van der Waals surface area contributed by atoms with E-state index in [1.165, 1.54) is 12.8 Å². The van der Waals surface area contributed by atoms with Gasteiger partial charge in [0.2, 0.25) is 0 Å². The minimum Gasteiger partial charge on any atom is -0.458 e. The fourth-order valence-electron chi connectivity index (χ4n) is 4.02. The van der Waals surface area contributed by atoms with Crippen molar-refractivity contribution >= 4 is 11.0 Å². The Kier molecular flexibility index (Phi) is 2.00. The van der Waals surface area contributed by atoms with Crippen molar-refractivity contribution in [2.24, 2.45) is 11.8 Å². The van der Waals surface area contributed by atoms with E-state index in [2.05, 4.69) is 19.1 Å². The molecule has 1 N–H and O–H groups in total. The van der Waals surface area contributed by atoms with Crippen molar-refractivity contribution in [2.45, 2.75) is 38.2 Å². The summed E-state index contributed by atoms with van der Waals surface area (Å²) in [4.78, 5) is 0. The third-order valence-electron chi connectivity index (χ3n) is 4.98. The SMILES string of the molecule is Cc1cccc2cc(C3(O)CC4CCC3C4)oc12. The summed E-state index contributed by atoms with van der Waals surface area (Å²) in [6, 6.07) is 8.21. The van der Waals surface area contributed by atoms with Crippen molar-refractivity contribution in [1.82, 2.24) is 0 Å². The molecule has 0 spiro atoms. The second-order valence-corrected chi connectivity index (χ2v) is 6.11. The predicted molar refractivity (Wildman–Crippen MR) is 70.3 cm³/mol. The van der Waals surface area contributed by atoms with Gasteiger partial charge < -0.3 is 9.52 Å². The molecule has 18 heavy (non-hydrogen) atoms. The smallest absolute Gasteiger partial charge is 0.137 e. The molecule has 0 radical (unpaired) electrons. The number of aliphatic hydroxyl groups is 1. The molecule has 2 heteroatoms. The summed E-state index contributed by atoms with van der Waals surface area (Å²) in [6.07, 6.45) is 4.49. The summed E-state index contributed by atoms with van der Waals surface area (Å²) < 4.78 is 5.99. The topological polar surface area (TPSA) is 33.4 Å². The van der Waals surface area contributed by atoms with Crippen LogP contribution in [0, 0.1) is 18.8 Å². The number of hydrogen-bond acceptors (Lipinski definition) is 2. The van der Waals surface area contributed by atoms with Crippen LogP contribution in [0.1, 0.15) is 37.0 Å². The molecule has 0 amide bonds. The number of rotatable bonds is 1. The van der Waals surface area contributed by atoms with Gasteiger partial charge in [0.1, 0.15) is 16.9 Å². The summed E-state index contributed by atoms with van der Waals surface area (Å²) in [7, 11) is 0. The molecule has 2 aliphatic rings. The summed E-state index contributed by atoms with van der Waals surface area (Å²) in [5.41, 5.74) is 1.38. The lowest BCUT2D eigenvalue weighted by Crippen LogP contribution is -2.31. The van der Waals surface area contributed by atoms with E-state index in [0.29, 0.717) is 11.8 Å². The molecular formula is C16H18O2. The highest BCUT2D eigenvalue weighted by Crippen LogP contribution is 2.56. The van der Waals surface area contributed by atoms with Crippen molar-refractivity contribution in [3.63, 3.8) is 0 Å². The zero-order valence-electron chi connectivity index (χ0n) is 10.6. The molecule has 0 saturated heterocycles. The van der Waals surface area contributed by atoms with E-state index in [9.17, 15) is 5.11 Å². The van der Waals surface area contributed by atoms with Crippen LogP contribution in [0.2, 0.25) is 0 Å². The number of hydrogen-bond donors (Lipinski definition) is 1. The highest BCUT2D eigenvalue weighted by atomic mass is 16.4. The Labute approximate surface area is 107 Å². The first-order valence-electron chi connectivity index (χ1n) is 6.89. The second-order valence-electron chi connectivity index (χ2n) is 6.11. The highest BCUT2D eigenvalue weighted by molar-refractivity contribution is 5.81. The molecule has 0 aliphatic heterocycles. The monoisotopic (exact) mass is 242 g/mol. The van der Waals surface area contributed by atoms with E-state index in [1.807, 2.05) is 12.1 Å². The average molecular weight is 242 g/mol. The van der Waals surface area contributed by atoms with Gasteiger partial charge in [0.05, 0.1) is 0 Å². The Bertz CT molecular complexity index is 613. The first-order valence-corrected chi connectivity index (χ1v) is 6.89. The maximum absolute atomic E-state index is 11.0. The fraction of sp³-hybridized carbons (Fsp3) is 0.500. The Morgan fingerprint density at radius 2 is 2.22 bits per heavy atom. The lowest BCUT2D eigenvalue weighted by atomic mass is 9.82. The molecule has 1 aromatic heterocycles. The highest BCUT2D eigenvalue weighted by Gasteiger charge is 2.52. The van der Waals surface area contributed by atoms with Crippen LogP contribution in [-0.4, -0.2) is 5.11 Å². The van der Waals surface area contributed by atoms with Crippen LogP contribution in [0.15, 0.2) is 28.7 Å². The number of fused-ring (bicyclic) bond motifs is 3. The van der Waals surface area contributed by atoms with Gasteiger partial charge in [-0.2, -0.15) is 0 Å². The van der Waals surface area contributed by atoms with Gasteiger partial charge in [-0.1, -0.05) is 18.2 Å². The molecule has 3 unspecified atom stereocenters. The standard InChI is InChI=1S/C16H18O2/c1-10-3-2-4-12-8-14(18-15(10)12)16(17)9-11-5-6-13(16)7-11/h2-4,8,11,13,17H,5-7,9H2,1H3. The van der Waals surface area contributed by atoms with Gasteiger partial charge >= 0.3 is 0 Å². The fourth-order valence-corrected chi connectivity index (χ4v) is 4.02. The predicted octanol–water partition coefficient (Wildman–Crippen LogP) is 3.75. The molecule has 2 fully saturated rings. The molecule has 2 aromatic rings. The van der Waals surface area contributed by atoms with Crippen LogP contribution in [0.25, 0.3) is 11.0 Å². The Morgan fingerprint density at radius 1 is 1.33 bits per heavy atom. The number of furan rings is 1. The summed E-state index contributed by atoms with van der Waals surface area (Å²) in [6.45, 7) is 2.06. The zero-order valence-corrected chi connectivity index (χ0v) is 10.6. The summed E-state index contributed by atoms with van der Waals surface area (Å²) in [5, 5.41) is 12.1. The quantitative estimate of drug-likeness (QED) is 0.826. The first kappa shape index (κ1) is 10.6. The van der Waals surface area contributed by atoms with Crippen molar-refractivity contribution < 1.29 is 9.52 Å². The van der Waals surface area contributed by atoms with Crippen molar-refractivity contribution in [3.8, 4) is 0 Å². The van der Waals surface area contributed by atoms with E-state index in [-0.39, 0.29) is 0 Å². The van der Waals surface area contributed by atoms with Gasteiger partial charge in [-0.15, -0.1) is 0 Å². The van der Waals surface area contributed by atoms with Crippen LogP contribution in [0.3, 0.4) is 0 Å². The number of para-hydroxylation sites is 1. The van der Waals surface area contributed by atoms with Gasteiger partial charge in [0.15, 0.2) is 0 Å². The van der Waals surface area contributed by atoms with Crippen LogP contribution < -0.4 is 0 Å². The molecule has 1 aromatic carbocycles. The zero-order chi connectivity index (χ0) is 12.3. The van der Waals surface area contributed by atoms with Gasteiger partial charge in [-0.3, -0.25) is 0 Å². The van der Waals surface area contributed by atoms with E-state index in [1.54, 1.807) is 0 Å². The molecule has 2 bridgehead atoms. The maximum Gasteiger partial charge on any atom is 0.137 e. The molecule has 94 valence electrons. The second kappa shape index (κ2) is 3.39. The maximum atomic E-state index is 11.0. The minimum absolute atomic E-state index is 0.406. The van der Waals surface area contributed by atoms with Gasteiger partial charge in [-0.05, 0) is 56.1 Å². The molecule has 2 nitrogen and oxygen atoms in total. The molecule has 4 rings (SSSR count). The Balaban J connectivity index is 1.85. The Hall–Kier alpha value is -1.28. The van der Waals surface area contributed by atoms with Crippen molar-refractivity contribution in [1.29, 1.82) is 0 Å². The summed E-state index contributed by atoms with van der Waals surface area (Å²) in [5.74, 6) is 1.90. The molecular weight excluding hydrogens is 224 g/mol. The van der Waals surface area contributed by atoms with E-state index in [0.717, 1.165) is 35.1 Å². The third-order valence-corrected chi connectivity index (χ3v) is 4.98. The molecule has 2 aliphatic carbocycles. The third kappa shape index (κ3) is 1.27. The normalized spacial score (nSPS) is 34.6. The lowest BCUT2D eigenvalue weighted by Gasteiger charge is -2.30. The van der Waals surface area contributed by atoms with Crippen molar-refractivity contribution in [3.05, 3.63) is 35.6 Å².